The average molecular weight is 434 g/mol. The molecule has 7 nitrogen and oxygen atoms in total. The summed E-state index contributed by atoms with van der Waals surface area (Å²) in [5.74, 6) is 1.44. The van der Waals surface area contributed by atoms with Crippen molar-refractivity contribution in [2.75, 3.05) is 19.5 Å². The molecule has 1 fully saturated rings. The van der Waals surface area contributed by atoms with Crippen LogP contribution in [0.2, 0.25) is 0 Å². The van der Waals surface area contributed by atoms with Crippen LogP contribution in [0.5, 0.6) is 11.5 Å². The van der Waals surface area contributed by atoms with Gasteiger partial charge in [-0.15, -0.1) is 0 Å². The number of nitrogens with zero attached hydrogens (tertiary/aromatic N) is 3. The molecule has 1 aromatic heterocycles. The lowest BCUT2D eigenvalue weighted by atomic mass is 9.99. The zero-order valence-corrected chi connectivity index (χ0v) is 17.8. The van der Waals surface area contributed by atoms with E-state index >= 15 is 0 Å². The van der Waals surface area contributed by atoms with Gasteiger partial charge in [-0.25, -0.2) is 19.2 Å². The van der Waals surface area contributed by atoms with E-state index in [2.05, 4.69) is 10.3 Å². The largest absolute Gasteiger partial charge is 0.493 e. The summed E-state index contributed by atoms with van der Waals surface area (Å²) < 4.78 is 23.8. The van der Waals surface area contributed by atoms with Crippen LogP contribution in [0.25, 0.3) is 11.4 Å². The Bertz CT molecular complexity index is 1170. The lowest BCUT2D eigenvalue weighted by Crippen LogP contribution is -2.44. The van der Waals surface area contributed by atoms with Crippen molar-refractivity contribution in [3.05, 3.63) is 65.7 Å². The number of amides is 2. The fourth-order valence-corrected chi connectivity index (χ4v) is 4.63. The first-order chi connectivity index (χ1) is 15.6. The van der Waals surface area contributed by atoms with Gasteiger partial charge in [-0.3, -0.25) is 0 Å². The number of halogens is 1. The van der Waals surface area contributed by atoms with Crippen LogP contribution in [0.1, 0.15) is 30.1 Å². The number of benzene rings is 2. The molecule has 2 aromatic carbocycles. The van der Waals surface area contributed by atoms with Gasteiger partial charge in [0.2, 0.25) is 0 Å². The Labute approximate surface area is 185 Å². The van der Waals surface area contributed by atoms with Crippen molar-refractivity contribution in [3.8, 4) is 22.9 Å². The molecule has 2 atom stereocenters. The van der Waals surface area contributed by atoms with Crippen LogP contribution in [-0.4, -0.2) is 41.2 Å². The normalized spacial score (nSPS) is 18.8. The fourth-order valence-electron chi connectivity index (χ4n) is 4.63. The van der Waals surface area contributed by atoms with Gasteiger partial charge in [0.25, 0.3) is 0 Å². The third-order valence-electron chi connectivity index (χ3n) is 6.16. The second-order valence-electron chi connectivity index (χ2n) is 7.96. The van der Waals surface area contributed by atoms with Crippen LogP contribution in [-0.2, 0) is 6.42 Å². The molecule has 0 radical (unpaired) electrons. The van der Waals surface area contributed by atoms with Crippen LogP contribution < -0.4 is 14.8 Å². The molecular formula is C24H23FN4O3. The van der Waals surface area contributed by atoms with Crippen LogP contribution in [0.3, 0.4) is 0 Å². The minimum absolute atomic E-state index is 0.0637. The van der Waals surface area contributed by atoms with E-state index in [4.69, 9.17) is 14.5 Å². The molecule has 1 saturated heterocycles. The SMILES string of the molecule is COc1ccc(NC(=O)N2C3CCC2c2cnc(-c4ccc(F)cc4)nc2C3)cc1OC. The molecule has 2 unspecified atom stereocenters. The average Bonchev–Trinajstić information content (AvgIpc) is 3.14. The number of carbonyl (C=O) groups is 1. The number of methoxy groups -OCH3 is 2. The molecule has 1 N–H and O–H groups in total. The van der Waals surface area contributed by atoms with E-state index in [1.165, 1.54) is 12.1 Å². The maximum Gasteiger partial charge on any atom is 0.322 e. The zero-order valence-electron chi connectivity index (χ0n) is 17.8. The molecule has 0 spiro atoms. The Morgan fingerprint density at radius 2 is 1.88 bits per heavy atom. The maximum atomic E-state index is 13.2. The highest BCUT2D eigenvalue weighted by molar-refractivity contribution is 5.90. The third kappa shape index (κ3) is 3.51. The van der Waals surface area contributed by atoms with Gasteiger partial charge < -0.3 is 19.7 Å². The number of hydrogen-bond acceptors (Lipinski definition) is 5. The fraction of sp³-hybridized carbons (Fsp3) is 0.292. The van der Waals surface area contributed by atoms with E-state index in [0.717, 1.165) is 29.7 Å². The number of hydrogen-bond donors (Lipinski definition) is 1. The first-order valence-corrected chi connectivity index (χ1v) is 10.5. The second kappa shape index (κ2) is 8.11. The first-order valence-electron chi connectivity index (χ1n) is 10.5. The first kappa shape index (κ1) is 20.2. The number of ether oxygens (including phenoxy) is 2. The number of aromatic nitrogens is 2. The number of urea groups is 1. The van der Waals surface area contributed by atoms with Crippen molar-refractivity contribution in [3.63, 3.8) is 0 Å². The van der Waals surface area contributed by atoms with E-state index in [1.54, 1.807) is 44.6 Å². The van der Waals surface area contributed by atoms with Gasteiger partial charge in [0, 0.05) is 41.5 Å². The molecule has 2 amide bonds. The summed E-state index contributed by atoms with van der Waals surface area (Å²) in [6.07, 6.45) is 4.26. The van der Waals surface area contributed by atoms with Crippen molar-refractivity contribution in [1.29, 1.82) is 0 Å². The van der Waals surface area contributed by atoms with Crippen molar-refractivity contribution in [2.24, 2.45) is 0 Å². The second-order valence-corrected chi connectivity index (χ2v) is 7.96. The number of rotatable bonds is 4. The predicted molar refractivity (Wildman–Crippen MR) is 117 cm³/mol. The minimum atomic E-state index is -0.291. The highest BCUT2D eigenvalue weighted by Crippen LogP contribution is 2.43. The molecule has 8 heteroatoms. The van der Waals surface area contributed by atoms with Crippen LogP contribution in [0.15, 0.2) is 48.7 Å². The highest BCUT2D eigenvalue weighted by Gasteiger charge is 2.43. The Kier molecular flexibility index (Phi) is 5.13. The Morgan fingerprint density at radius 1 is 1.09 bits per heavy atom. The van der Waals surface area contributed by atoms with Crippen LogP contribution in [0.4, 0.5) is 14.9 Å². The number of nitrogens with one attached hydrogen (secondary N) is 1. The van der Waals surface area contributed by atoms with Gasteiger partial charge in [-0.2, -0.15) is 0 Å². The Hall–Kier alpha value is -3.68. The summed E-state index contributed by atoms with van der Waals surface area (Å²) in [5.41, 5.74) is 3.35. The summed E-state index contributed by atoms with van der Waals surface area (Å²) in [5, 5.41) is 2.99. The molecule has 2 aliphatic rings. The third-order valence-corrected chi connectivity index (χ3v) is 6.16. The standard InChI is InChI=1S/C24H23FN4O3/c1-31-21-10-7-16(11-22(21)32-2)27-24(30)29-17-8-9-20(29)18-13-26-23(28-19(18)12-17)14-3-5-15(25)6-4-14/h3-7,10-11,13,17,20H,8-9,12H2,1-2H3,(H,27,30). The summed E-state index contributed by atoms with van der Waals surface area (Å²) in [7, 11) is 3.13. The van der Waals surface area contributed by atoms with Gasteiger partial charge in [-0.1, -0.05) is 0 Å². The van der Waals surface area contributed by atoms with Crippen molar-refractivity contribution in [1.82, 2.24) is 14.9 Å². The van der Waals surface area contributed by atoms with Crippen molar-refractivity contribution >= 4 is 11.7 Å². The Morgan fingerprint density at radius 3 is 2.62 bits per heavy atom. The van der Waals surface area contributed by atoms with E-state index in [1.807, 2.05) is 11.1 Å². The summed E-state index contributed by atoms with van der Waals surface area (Å²) in [6.45, 7) is 0. The quantitative estimate of drug-likeness (QED) is 0.650. The summed E-state index contributed by atoms with van der Waals surface area (Å²) in [4.78, 5) is 24.3. The van der Waals surface area contributed by atoms with Gasteiger partial charge >= 0.3 is 6.03 Å². The molecule has 0 saturated carbocycles. The van der Waals surface area contributed by atoms with E-state index < -0.39 is 0 Å². The van der Waals surface area contributed by atoms with Gasteiger partial charge in [0.1, 0.15) is 5.82 Å². The lowest BCUT2D eigenvalue weighted by Gasteiger charge is -2.35. The topological polar surface area (TPSA) is 76.6 Å². The van der Waals surface area contributed by atoms with Crippen LogP contribution in [0, 0.1) is 5.82 Å². The monoisotopic (exact) mass is 434 g/mol. The molecule has 2 bridgehead atoms. The van der Waals surface area contributed by atoms with Gasteiger partial charge in [0.05, 0.1) is 26.0 Å². The number of carbonyl (C=O) groups excluding carboxylic acids is 1. The Balaban J connectivity index is 1.38. The van der Waals surface area contributed by atoms with E-state index in [9.17, 15) is 9.18 Å². The number of fused-ring (bicyclic) bond motifs is 4. The highest BCUT2D eigenvalue weighted by atomic mass is 19.1. The molecule has 2 aliphatic heterocycles. The van der Waals surface area contributed by atoms with Crippen molar-refractivity contribution < 1.29 is 18.7 Å². The van der Waals surface area contributed by atoms with Crippen LogP contribution >= 0.6 is 0 Å². The molecule has 3 heterocycles. The maximum absolute atomic E-state index is 13.2. The minimum Gasteiger partial charge on any atom is -0.493 e. The molecule has 32 heavy (non-hydrogen) atoms. The molecule has 0 aliphatic carbocycles. The molecular weight excluding hydrogens is 411 g/mol. The van der Waals surface area contributed by atoms with Gasteiger partial charge in [-0.05, 0) is 49.2 Å². The molecule has 3 aromatic rings. The van der Waals surface area contributed by atoms with E-state index in [-0.39, 0.29) is 23.9 Å². The lowest BCUT2D eigenvalue weighted by molar-refractivity contribution is 0.178. The molecule has 164 valence electrons. The zero-order chi connectivity index (χ0) is 22.2. The summed E-state index contributed by atoms with van der Waals surface area (Å²) >= 11 is 0. The molecule has 5 rings (SSSR count). The summed E-state index contributed by atoms with van der Waals surface area (Å²) in [6, 6.07) is 11.3. The number of anilines is 1. The van der Waals surface area contributed by atoms with Crippen molar-refractivity contribution in [2.45, 2.75) is 31.3 Å². The van der Waals surface area contributed by atoms with E-state index in [0.29, 0.717) is 29.4 Å². The van der Waals surface area contributed by atoms with Gasteiger partial charge in [0.15, 0.2) is 17.3 Å². The smallest absolute Gasteiger partial charge is 0.322 e. The predicted octanol–water partition coefficient (Wildman–Crippen LogP) is 4.59.